The van der Waals surface area contributed by atoms with Gasteiger partial charge in [-0.3, -0.25) is 0 Å². The van der Waals surface area contributed by atoms with Crippen molar-refractivity contribution in [1.29, 1.82) is 0 Å². The topological polar surface area (TPSA) is 58.6 Å². The van der Waals surface area contributed by atoms with Gasteiger partial charge in [0.25, 0.3) is 0 Å². The molecule has 2 rings (SSSR count). The normalized spacial score (nSPS) is 17.1. The molecule has 0 bridgehead atoms. The number of rotatable bonds is 5. The summed E-state index contributed by atoms with van der Waals surface area (Å²) in [7, 11) is -3.59. The van der Waals surface area contributed by atoms with Crippen LogP contribution in [0.15, 0.2) is 17.0 Å². The number of benzene rings is 1. The number of hydrogen-bond acceptors (Lipinski definition) is 4. The van der Waals surface area contributed by atoms with Crippen molar-refractivity contribution in [3.63, 3.8) is 0 Å². The second-order valence-electron chi connectivity index (χ2n) is 5.01. The molecule has 1 heterocycles. The van der Waals surface area contributed by atoms with Crippen molar-refractivity contribution in [2.75, 3.05) is 32.8 Å². The van der Waals surface area contributed by atoms with Crippen LogP contribution in [0.4, 0.5) is 4.39 Å². The van der Waals surface area contributed by atoms with Crippen LogP contribution in [0.5, 0.6) is 0 Å². The number of halogens is 1. The average Bonchev–Trinajstić information content (AvgIpc) is 2.49. The highest BCUT2D eigenvalue weighted by Gasteiger charge is 2.27. The highest BCUT2D eigenvalue weighted by atomic mass is 32.2. The van der Waals surface area contributed by atoms with Crippen molar-refractivity contribution in [3.05, 3.63) is 29.1 Å². The van der Waals surface area contributed by atoms with Gasteiger partial charge in [0.1, 0.15) is 5.82 Å². The number of morpholine rings is 1. The van der Waals surface area contributed by atoms with E-state index in [1.54, 1.807) is 6.92 Å². The van der Waals surface area contributed by atoms with Crippen molar-refractivity contribution in [1.82, 2.24) is 9.62 Å². The third-order valence-electron chi connectivity index (χ3n) is 3.48. The summed E-state index contributed by atoms with van der Waals surface area (Å²) in [5.74, 6) is -0.350. The first kappa shape index (κ1) is 16.4. The summed E-state index contributed by atoms with van der Waals surface area (Å²) in [6.07, 6.45) is 0. The molecule has 0 aliphatic carbocycles. The number of aryl methyl sites for hydroxylation is 1. The summed E-state index contributed by atoms with van der Waals surface area (Å²) in [5.41, 5.74) is 0.723. The van der Waals surface area contributed by atoms with Crippen molar-refractivity contribution in [2.45, 2.75) is 25.3 Å². The SMILES string of the molecule is CCNCc1cc(S(=O)(=O)N2CCOCC2)cc(C)c1F. The fourth-order valence-electron chi connectivity index (χ4n) is 2.28. The maximum atomic E-state index is 14.1. The summed E-state index contributed by atoms with van der Waals surface area (Å²) in [5, 5.41) is 3.02. The van der Waals surface area contributed by atoms with Gasteiger partial charge < -0.3 is 10.1 Å². The van der Waals surface area contributed by atoms with E-state index in [9.17, 15) is 12.8 Å². The van der Waals surface area contributed by atoms with E-state index >= 15 is 0 Å². The van der Waals surface area contributed by atoms with Gasteiger partial charge in [-0.1, -0.05) is 6.92 Å². The lowest BCUT2D eigenvalue weighted by Crippen LogP contribution is -2.40. The summed E-state index contributed by atoms with van der Waals surface area (Å²) in [6.45, 7) is 5.96. The molecule has 7 heteroatoms. The van der Waals surface area contributed by atoms with E-state index in [2.05, 4.69) is 5.32 Å². The maximum absolute atomic E-state index is 14.1. The molecule has 5 nitrogen and oxygen atoms in total. The van der Waals surface area contributed by atoms with Gasteiger partial charge >= 0.3 is 0 Å². The quantitative estimate of drug-likeness (QED) is 0.889. The van der Waals surface area contributed by atoms with Crippen LogP contribution in [-0.4, -0.2) is 45.6 Å². The Bertz CT molecular complexity index is 598. The van der Waals surface area contributed by atoms with Crippen molar-refractivity contribution >= 4 is 10.0 Å². The van der Waals surface area contributed by atoms with E-state index < -0.39 is 10.0 Å². The molecule has 0 atom stereocenters. The van der Waals surface area contributed by atoms with E-state index in [-0.39, 0.29) is 10.7 Å². The Balaban J connectivity index is 2.36. The van der Waals surface area contributed by atoms with Crippen LogP contribution in [0, 0.1) is 12.7 Å². The molecule has 1 aromatic rings. The zero-order chi connectivity index (χ0) is 15.5. The Morgan fingerprint density at radius 3 is 2.62 bits per heavy atom. The van der Waals surface area contributed by atoms with Crippen molar-refractivity contribution in [2.24, 2.45) is 0 Å². The smallest absolute Gasteiger partial charge is 0.243 e. The molecule has 1 aromatic carbocycles. The van der Waals surface area contributed by atoms with E-state index in [1.807, 2.05) is 6.92 Å². The molecule has 0 spiro atoms. The van der Waals surface area contributed by atoms with Gasteiger partial charge in [-0.05, 0) is 31.2 Å². The van der Waals surface area contributed by atoms with Gasteiger partial charge in [-0.25, -0.2) is 12.8 Å². The Morgan fingerprint density at radius 1 is 1.33 bits per heavy atom. The van der Waals surface area contributed by atoms with E-state index in [4.69, 9.17) is 4.74 Å². The third-order valence-corrected chi connectivity index (χ3v) is 5.35. The highest BCUT2D eigenvalue weighted by Crippen LogP contribution is 2.23. The summed E-state index contributed by atoms with van der Waals surface area (Å²) in [6, 6.07) is 2.82. The Kier molecular flexibility index (Phi) is 5.32. The van der Waals surface area contributed by atoms with E-state index in [0.717, 1.165) is 0 Å². The fourth-order valence-corrected chi connectivity index (χ4v) is 3.82. The first-order valence-electron chi connectivity index (χ1n) is 7.04. The van der Waals surface area contributed by atoms with Crippen LogP contribution in [-0.2, 0) is 21.3 Å². The summed E-state index contributed by atoms with van der Waals surface area (Å²) < 4.78 is 45.8. The van der Waals surface area contributed by atoms with Crippen LogP contribution in [0.2, 0.25) is 0 Å². The molecule has 0 unspecified atom stereocenters. The largest absolute Gasteiger partial charge is 0.379 e. The molecule has 118 valence electrons. The van der Waals surface area contributed by atoms with Crippen LogP contribution < -0.4 is 5.32 Å². The van der Waals surface area contributed by atoms with Gasteiger partial charge in [0, 0.05) is 25.2 Å². The Hall–Kier alpha value is -1.02. The molecule has 0 radical (unpaired) electrons. The molecule has 21 heavy (non-hydrogen) atoms. The average molecular weight is 316 g/mol. The van der Waals surface area contributed by atoms with Crippen LogP contribution in [0.1, 0.15) is 18.1 Å². The highest BCUT2D eigenvalue weighted by molar-refractivity contribution is 7.89. The molecule has 0 aromatic heterocycles. The number of hydrogen-bond donors (Lipinski definition) is 1. The third kappa shape index (κ3) is 3.60. The predicted molar refractivity (Wildman–Crippen MR) is 78.1 cm³/mol. The minimum absolute atomic E-state index is 0.149. The van der Waals surface area contributed by atoms with Crippen molar-refractivity contribution < 1.29 is 17.5 Å². The first-order valence-corrected chi connectivity index (χ1v) is 8.48. The second-order valence-corrected chi connectivity index (χ2v) is 6.95. The number of nitrogens with zero attached hydrogens (tertiary/aromatic N) is 1. The van der Waals surface area contributed by atoms with Gasteiger partial charge in [0.05, 0.1) is 18.1 Å². The number of sulfonamides is 1. The number of ether oxygens (including phenoxy) is 1. The number of nitrogens with one attached hydrogen (secondary N) is 1. The minimum atomic E-state index is -3.59. The van der Waals surface area contributed by atoms with Gasteiger partial charge in [0.15, 0.2) is 0 Å². The molecule has 0 amide bonds. The lowest BCUT2D eigenvalue weighted by atomic mass is 10.1. The fraction of sp³-hybridized carbons (Fsp3) is 0.571. The molecule has 1 aliphatic heterocycles. The predicted octanol–water partition coefficient (Wildman–Crippen LogP) is 1.26. The van der Waals surface area contributed by atoms with Gasteiger partial charge in [-0.15, -0.1) is 0 Å². The Morgan fingerprint density at radius 2 is 2.00 bits per heavy atom. The second kappa shape index (κ2) is 6.83. The standard InChI is InChI=1S/C14H21FN2O3S/c1-3-16-10-12-9-13(8-11(2)14(12)15)21(18,19)17-4-6-20-7-5-17/h8-9,16H,3-7,10H2,1-2H3. The van der Waals surface area contributed by atoms with E-state index in [0.29, 0.717) is 50.5 Å². The lowest BCUT2D eigenvalue weighted by Gasteiger charge is -2.26. The van der Waals surface area contributed by atoms with Crippen LogP contribution in [0.3, 0.4) is 0 Å². The van der Waals surface area contributed by atoms with Crippen molar-refractivity contribution in [3.8, 4) is 0 Å². The summed E-state index contributed by atoms with van der Waals surface area (Å²) in [4.78, 5) is 0.149. The maximum Gasteiger partial charge on any atom is 0.243 e. The zero-order valence-electron chi connectivity index (χ0n) is 12.4. The molecule has 1 fully saturated rings. The Labute approximate surface area is 125 Å². The molecule has 1 aliphatic rings. The van der Waals surface area contributed by atoms with Crippen LogP contribution in [0.25, 0.3) is 0 Å². The summed E-state index contributed by atoms with van der Waals surface area (Å²) >= 11 is 0. The molecule has 1 saturated heterocycles. The minimum Gasteiger partial charge on any atom is -0.379 e. The zero-order valence-corrected chi connectivity index (χ0v) is 13.2. The molecular weight excluding hydrogens is 295 g/mol. The van der Waals surface area contributed by atoms with Crippen LogP contribution >= 0.6 is 0 Å². The first-order chi connectivity index (χ1) is 9.96. The van der Waals surface area contributed by atoms with E-state index in [1.165, 1.54) is 16.4 Å². The lowest BCUT2D eigenvalue weighted by molar-refractivity contribution is 0.0730. The molecule has 1 N–H and O–H groups in total. The van der Waals surface area contributed by atoms with Gasteiger partial charge in [-0.2, -0.15) is 4.31 Å². The van der Waals surface area contributed by atoms with Gasteiger partial charge in [0.2, 0.25) is 10.0 Å². The molecule has 0 saturated carbocycles. The monoisotopic (exact) mass is 316 g/mol. The molecular formula is C14H21FN2O3S.